The maximum absolute atomic E-state index is 5.56. The van der Waals surface area contributed by atoms with E-state index in [9.17, 15) is 0 Å². The number of hydrogen-bond donors (Lipinski definition) is 0. The Bertz CT molecular complexity index is 601. The molecule has 0 aliphatic carbocycles. The van der Waals surface area contributed by atoms with E-state index in [0.29, 0.717) is 11.8 Å². The number of piperidine rings is 1. The highest BCUT2D eigenvalue weighted by Crippen LogP contribution is 2.32. The van der Waals surface area contributed by atoms with E-state index >= 15 is 0 Å². The van der Waals surface area contributed by atoms with Crippen LogP contribution in [0.1, 0.15) is 49.1 Å². The van der Waals surface area contributed by atoms with Crippen LogP contribution >= 0.6 is 0 Å². The van der Waals surface area contributed by atoms with Crippen molar-refractivity contribution in [2.75, 3.05) is 20.2 Å². The highest BCUT2D eigenvalue weighted by atomic mass is 16.5. The van der Waals surface area contributed by atoms with Crippen molar-refractivity contribution < 1.29 is 9.15 Å². The normalized spacial score (nSPS) is 18.3. The SMILES string of the molecule is COc1ccc(C2CCN([C@@H](C)c3nnc(C)o3)CC2)cc1. The quantitative estimate of drug-likeness (QED) is 0.867. The van der Waals surface area contributed by atoms with Crippen LogP contribution in [0.5, 0.6) is 5.75 Å². The minimum absolute atomic E-state index is 0.193. The zero-order chi connectivity index (χ0) is 15.5. The molecule has 0 amide bonds. The summed E-state index contributed by atoms with van der Waals surface area (Å²) in [5.74, 6) is 2.90. The second-order valence-corrected chi connectivity index (χ2v) is 5.92. The molecular weight excluding hydrogens is 278 g/mol. The third-order valence-electron chi connectivity index (χ3n) is 4.56. The van der Waals surface area contributed by atoms with Crippen LogP contribution in [0.2, 0.25) is 0 Å². The van der Waals surface area contributed by atoms with Crippen LogP contribution in [0.15, 0.2) is 28.7 Å². The number of ether oxygens (including phenoxy) is 1. The second-order valence-electron chi connectivity index (χ2n) is 5.92. The first-order chi connectivity index (χ1) is 10.7. The van der Waals surface area contributed by atoms with Crippen LogP contribution in [-0.2, 0) is 0 Å². The molecule has 0 spiro atoms. The molecule has 2 heterocycles. The summed E-state index contributed by atoms with van der Waals surface area (Å²) >= 11 is 0. The van der Waals surface area contributed by atoms with Gasteiger partial charge in [0.15, 0.2) is 0 Å². The first kappa shape index (κ1) is 15.0. The molecule has 5 nitrogen and oxygen atoms in total. The lowest BCUT2D eigenvalue weighted by Crippen LogP contribution is -2.35. The summed E-state index contributed by atoms with van der Waals surface area (Å²) in [6.45, 7) is 6.08. The molecule has 3 rings (SSSR count). The number of hydrogen-bond acceptors (Lipinski definition) is 5. The van der Waals surface area contributed by atoms with Gasteiger partial charge in [-0.15, -0.1) is 10.2 Å². The average Bonchev–Trinajstić information content (AvgIpc) is 3.01. The molecule has 1 fully saturated rings. The first-order valence-corrected chi connectivity index (χ1v) is 7.85. The van der Waals surface area contributed by atoms with Gasteiger partial charge in [-0.25, -0.2) is 0 Å². The Morgan fingerprint density at radius 3 is 2.41 bits per heavy atom. The molecule has 0 radical (unpaired) electrons. The zero-order valence-corrected chi connectivity index (χ0v) is 13.5. The van der Waals surface area contributed by atoms with E-state index in [1.165, 1.54) is 5.56 Å². The van der Waals surface area contributed by atoms with Gasteiger partial charge in [-0.2, -0.15) is 0 Å². The van der Waals surface area contributed by atoms with Gasteiger partial charge in [0.05, 0.1) is 13.2 Å². The largest absolute Gasteiger partial charge is 0.497 e. The molecule has 1 saturated heterocycles. The van der Waals surface area contributed by atoms with Gasteiger partial charge in [0.2, 0.25) is 11.8 Å². The van der Waals surface area contributed by atoms with Crippen LogP contribution in [0.25, 0.3) is 0 Å². The molecule has 0 unspecified atom stereocenters. The Hall–Kier alpha value is -1.88. The fourth-order valence-electron chi connectivity index (χ4n) is 3.13. The summed E-state index contributed by atoms with van der Waals surface area (Å²) < 4.78 is 10.8. The van der Waals surface area contributed by atoms with Crippen LogP contribution in [0.3, 0.4) is 0 Å². The Kier molecular flexibility index (Phi) is 4.43. The minimum atomic E-state index is 0.193. The molecular formula is C17H23N3O2. The third-order valence-corrected chi connectivity index (χ3v) is 4.56. The van der Waals surface area contributed by atoms with Gasteiger partial charge in [-0.3, -0.25) is 4.90 Å². The summed E-state index contributed by atoms with van der Waals surface area (Å²) in [5, 5.41) is 8.07. The van der Waals surface area contributed by atoms with E-state index in [1.807, 2.05) is 19.1 Å². The van der Waals surface area contributed by atoms with Crippen molar-refractivity contribution in [1.29, 1.82) is 0 Å². The molecule has 1 atom stereocenters. The minimum Gasteiger partial charge on any atom is -0.497 e. The lowest BCUT2D eigenvalue weighted by atomic mass is 9.89. The summed E-state index contributed by atoms with van der Waals surface area (Å²) in [6, 6.07) is 8.66. The van der Waals surface area contributed by atoms with E-state index < -0.39 is 0 Å². The van der Waals surface area contributed by atoms with E-state index in [0.717, 1.165) is 37.6 Å². The zero-order valence-electron chi connectivity index (χ0n) is 13.5. The molecule has 0 bridgehead atoms. The molecule has 1 aromatic carbocycles. The smallest absolute Gasteiger partial charge is 0.233 e. The van der Waals surface area contributed by atoms with Crippen molar-refractivity contribution >= 4 is 0 Å². The van der Waals surface area contributed by atoms with E-state index in [-0.39, 0.29) is 6.04 Å². The molecule has 0 N–H and O–H groups in total. The predicted octanol–water partition coefficient (Wildman–Crippen LogP) is 3.33. The molecule has 1 aliphatic heterocycles. The van der Waals surface area contributed by atoms with Gasteiger partial charge in [-0.05, 0) is 56.5 Å². The number of likely N-dealkylation sites (tertiary alicyclic amines) is 1. The molecule has 0 saturated carbocycles. The lowest BCUT2D eigenvalue weighted by molar-refractivity contribution is 0.142. The first-order valence-electron chi connectivity index (χ1n) is 7.85. The number of rotatable bonds is 4. The van der Waals surface area contributed by atoms with Crippen LogP contribution in [-0.4, -0.2) is 35.3 Å². The van der Waals surface area contributed by atoms with Gasteiger partial charge in [-0.1, -0.05) is 12.1 Å². The van der Waals surface area contributed by atoms with Crippen molar-refractivity contribution in [1.82, 2.24) is 15.1 Å². The summed E-state index contributed by atoms with van der Waals surface area (Å²) in [6.07, 6.45) is 2.31. The second kappa shape index (κ2) is 6.48. The highest BCUT2D eigenvalue weighted by molar-refractivity contribution is 5.29. The summed E-state index contributed by atoms with van der Waals surface area (Å²) in [5.41, 5.74) is 1.40. The number of benzene rings is 1. The molecule has 5 heteroatoms. The van der Waals surface area contributed by atoms with Crippen molar-refractivity contribution in [3.63, 3.8) is 0 Å². The fourth-order valence-corrected chi connectivity index (χ4v) is 3.13. The topological polar surface area (TPSA) is 51.4 Å². The summed E-state index contributed by atoms with van der Waals surface area (Å²) in [4.78, 5) is 2.42. The maximum Gasteiger partial charge on any atom is 0.233 e. The standard InChI is InChI=1S/C17H23N3O2/c1-12(17-19-18-13(2)22-17)20-10-8-15(9-11-20)14-4-6-16(21-3)7-5-14/h4-7,12,15H,8-11H2,1-3H3/t12-/m0/s1. The Morgan fingerprint density at radius 1 is 1.18 bits per heavy atom. The van der Waals surface area contributed by atoms with Gasteiger partial charge < -0.3 is 9.15 Å². The van der Waals surface area contributed by atoms with E-state index in [4.69, 9.17) is 9.15 Å². The van der Waals surface area contributed by atoms with Crippen LogP contribution in [0.4, 0.5) is 0 Å². The summed E-state index contributed by atoms with van der Waals surface area (Å²) in [7, 11) is 1.70. The Morgan fingerprint density at radius 2 is 1.86 bits per heavy atom. The molecule has 2 aromatic rings. The Balaban J connectivity index is 1.59. The molecule has 118 valence electrons. The molecule has 22 heavy (non-hydrogen) atoms. The number of nitrogens with zero attached hydrogens (tertiary/aromatic N) is 3. The predicted molar refractivity (Wildman–Crippen MR) is 84.0 cm³/mol. The van der Waals surface area contributed by atoms with Gasteiger partial charge >= 0.3 is 0 Å². The average molecular weight is 301 g/mol. The Labute approximate surface area is 131 Å². The fraction of sp³-hybridized carbons (Fsp3) is 0.529. The van der Waals surface area contributed by atoms with Crippen molar-refractivity contribution in [3.05, 3.63) is 41.6 Å². The van der Waals surface area contributed by atoms with Gasteiger partial charge in [0, 0.05) is 6.92 Å². The third kappa shape index (κ3) is 3.14. The number of methoxy groups -OCH3 is 1. The van der Waals surface area contributed by atoms with Crippen LogP contribution in [0, 0.1) is 6.92 Å². The monoisotopic (exact) mass is 301 g/mol. The molecule has 1 aromatic heterocycles. The molecule has 1 aliphatic rings. The number of aryl methyl sites for hydroxylation is 1. The maximum atomic E-state index is 5.56. The van der Waals surface area contributed by atoms with Crippen molar-refractivity contribution in [2.45, 2.75) is 38.6 Å². The lowest BCUT2D eigenvalue weighted by Gasteiger charge is -2.34. The van der Waals surface area contributed by atoms with Crippen molar-refractivity contribution in [2.24, 2.45) is 0 Å². The number of aromatic nitrogens is 2. The van der Waals surface area contributed by atoms with E-state index in [1.54, 1.807) is 7.11 Å². The van der Waals surface area contributed by atoms with Crippen molar-refractivity contribution in [3.8, 4) is 5.75 Å². The van der Waals surface area contributed by atoms with Gasteiger partial charge in [0.1, 0.15) is 5.75 Å². The van der Waals surface area contributed by atoms with Gasteiger partial charge in [0.25, 0.3) is 0 Å². The van der Waals surface area contributed by atoms with Crippen LogP contribution < -0.4 is 4.74 Å². The highest BCUT2D eigenvalue weighted by Gasteiger charge is 2.26. The van der Waals surface area contributed by atoms with E-state index in [2.05, 4.69) is 34.2 Å².